The lowest BCUT2D eigenvalue weighted by molar-refractivity contribution is 0.102. The van der Waals surface area contributed by atoms with Crippen molar-refractivity contribution >= 4 is 50.9 Å². The molecule has 0 bridgehead atoms. The molecule has 1 N–H and O–H groups in total. The van der Waals surface area contributed by atoms with Crippen molar-refractivity contribution in [3.63, 3.8) is 0 Å². The summed E-state index contributed by atoms with van der Waals surface area (Å²) in [6, 6.07) is 19.1. The van der Waals surface area contributed by atoms with Crippen molar-refractivity contribution in [2.45, 2.75) is 4.90 Å². The molecule has 0 spiro atoms. The van der Waals surface area contributed by atoms with Crippen LogP contribution < -0.4 is 5.32 Å². The molecule has 0 aliphatic carbocycles. The third-order valence-corrected chi connectivity index (χ3v) is 3.94. The number of fused-ring (bicyclic) bond motifs is 1. The fourth-order valence-electron chi connectivity index (χ4n) is 2.14. The molecule has 1 amide bonds. The van der Waals surface area contributed by atoms with Crippen molar-refractivity contribution in [2.24, 2.45) is 0 Å². The van der Waals surface area contributed by atoms with Crippen molar-refractivity contribution in [3.8, 4) is 0 Å². The van der Waals surface area contributed by atoms with Crippen molar-refractivity contribution in [1.29, 1.82) is 0 Å². The lowest BCUT2D eigenvalue weighted by Crippen LogP contribution is -2.11. The van der Waals surface area contributed by atoms with Gasteiger partial charge in [0.2, 0.25) is 0 Å². The normalized spacial score (nSPS) is 10.6. The van der Waals surface area contributed by atoms with Crippen LogP contribution in [0.15, 0.2) is 70.0 Å². The maximum absolute atomic E-state index is 12.2. The predicted octanol–water partition coefficient (Wildman–Crippen LogP) is 5.14. The van der Waals surface area contributed by atoms with Crippen LogP contribution >= 0.6 is 28.6 Å². The Bertz CT molecular complexity index is 832. The van der Waals surface area contributed by atoms with Crippen LogP contribution in [0.4, 0.5) is 5.69 Å². The molecule has 0 saturated carbocycles. The topological polar surface area (TPSA) is 29.1 Å². The summed E-state index contributed by atoms with van der Waals surface area (Å²) < 4.78 is 1.04. The molecule has 0 aliphatic heterocycles. The molecule has 0 radical (unpaired) electrons. The van der Waals surface area contributed by atoms with Gasteiger partial charge in [-0.15, -0.1) is 12.6 Å². The zero-order valence-electron chi connectivity index (χ0n) is 11.0. The van der Waals surface area contributed by atoms with Gasteiger partial charge in [-0.3, -0.25) is 4.79 Å². The highest BCUT2D eigenvalue weighted by atomic mass is 79.9. The van der Waals surface area contributed by atoms with E-state index in [0.29, 0.717) is 5.56 Å². The van der Waals surface area contributed by atoms with E-state index in [-0.39, 0.29) is 5.91 Å². The minimum Gasteiger partial charge on any atom is -0.322 e. The molecule has 0 aromatic heterocycles. The smallest absolute Gasteiger partial charge is 0.255 e. The number of halogens is 1. The van der Waals surface area contributed by atoms with Crippen LogP contribution in [-0.4, -0.2) is 5.91 Å². The number of carbonyl (C=O) groups excluding carboxylic acids is 1. The van der Waals surface area contributed by atoms with Gasteiger partial charge < -0.3 is 5.32 Å². The van der Waals surface area contributed by atoms with E-state index in [1.54, 1.807) is 12.1 Å². The van der Waals surface area contributed by atoms with Crippen LogP contribution in [0.5, 0.6) is 0 Å². The molecule has 3 rings (SSSR count). The van der Waals surface area contributed by atoms with Gasteiger partial charge in [-0.05, 0) is 53.2 Å². The molecule has 21 heavy (non-hydrogen) atoms. The summed E-state index contributed by atoms with van der Waals surface area (Å²) in [6.45, 7) is 0. The molecule has 4 heteroatoms. The predicted molar refractivity (Wildman–Crippen MR) is 93.3 cm³/mol. The number of nitrogens with one attached hydrogen (secondary N) is 1. The fourth-order valence-corrected chi connectivity index (χ4v) is 2.75. The summed E-state index contributed by atoms with van der Waals surface area (Å²) >= 11 is 7.70. The maximum Gasteiger partial charge on any atom is 0.255 e. The van der Waals surface area contributed by atoms with E-state index in [1.807, 2.05) is 48.5 Å². The summed E-state index contributed by atoms with van der Waals surface area (Å²) in [4.78, 5) is 13.0. The summed E-state index contributed by atoms with van der Waals surface area (Å²) in [5.74, 6) is -0.137. The molecule has 0 heterocycles. The summed E-state index contributed by atoms with van der Waals surface area (Å²) in [5, 5.41) is 5.11. The van der Waals surface area contributed by atoms with Crippen molar-refractivity contribution < 1.29 is 4.79 Å². The molecule has 3 aromatic rings. The van der Waals surface area contributed by atoms with Crippen LogP contribution in [0.25, 0.3) is 10.8 Å². The summed E-state index contributed by atoms with van der Waals surface area (Å²) in [6.07, 6.45) is 0. The van der Waals surface area contributed by atoms with Gasteiger partial charge in [0, 0.05) is 20.6 Å². The van der Waals surface area contributed by atoms with Crippen LogP contribution in [0.1, 0.15) is 10.4 Å². The van der Waals surface area contributed by atoms with E-state index < -0.39 is 0 Å². The van der Waals surface area contributed by atoms with E-state index in [2.05, 4.69) is 33.9 Å². The Balaban J connectivity index is 1.87. The van der Waals surface area contributed by atoms with Crippen LogP contribution in [0, 0.1) is 0 Å². The number of rotatable bonds is 2. The Kier molecular flexibility index (Phi) is 3.99. The van der Waals surface area contributed by atoms with Crippen LogP contribution in [0.2, 0.25) is 0 Å². The van der Waals surface area contributed by atoms with Crippen molar-refractivity contribution in [2.75, 3.05) is 5.32 Å². The lowest BCUT2D eigenvalue weighted by atomic mass is 10.1. The molecule has 0 fully saturated rings. The minimum atomic E-state index is -0.137. The second-order valence-electron chi connectivity index (χ2n) is 4.71. The molecule has 0 atom stereocenters. The highest BCUT2D eigenvalue weighted by Crippen LogP contribution is 2.23. The monoisotopic (exact) mass is 357 g/mol. The number of hydrogen-bond acceptors (Lipinski definition) is 2. The van der Waals surface area contributed by atoms with Gasteiger partial charge in [-0.2, -0.15) is 0 Å². The fraction of sp³-hybridized carbons (Fsp3) is 0. The zero-order chi connectivity index (χ0) is 14.8. The highest BCUT2D eigenvalue weighted by Gasteiger charge is 2.06. The molecule has 3 aromatic carbocycles. The van der Waals surface area contributed by atoms with Crippen molar-refractivity contribution in [1.82, 2.24) is 0 Å². The molecule has 0 saturated heterocycles. The molecule has 0 unspecified atom stereocenters. The zero-order valence-corrected chi connectivity index (χ0v) is 13.5. The van der Waals surface area contributed by atoms with Gasteiger partial charge in [0.1, 0.15) is 0 Å². The summed E-state index contributed by atoms with van der Waals surface area (Å²) in [7, 11) is 0. The molecular formula is C17H12BrNOS. The first-order chi connectivity index (χ1) is 10.1. The van der Waals surface area contributed by atoms with Crippen LogP contribution in [0.3, 0.4) is 0 Å². The quantitative estimate of drug-likeness (QED) is 0.610. The second kappa shape index (κ2) is 5.92. The Morgan fingerprint density at radius 3 is 2.52 bits per heavy atom. The Hall–Kier alpha value is -1.78. The third-order valence-electron chi connectivity index (χ3n) is 3.17. The maximum atomic E-state index is 12.2. The molecule has 2 nitrogen and oxygen atoms in total. The Morgan fingerprint density at radius 2 is 1.71 bits per heavy atom. The number of amides is 1. The van der Waals surface area contributed by atoms with Crippen molar-refractivity contribution in [3.05, 3.63) is 70.7 Å². The van der Waals surface area contributed by atoms with Gasteiger partial charge >= 0.3 is 0 Å². The van der Waals surface area contributed by atoms with E-state index in [4.69, 9.17) is 0 Å². The first kappa shape index (κ1) is 14.2. The van der Waals surface area contributed by atoms with Gasteiger partial charge in [0.25, 0.3) is 5.91 Å². The van der Waals surface area contributed by atoms with E-state index in [1.165, 1.54) is 0 Å². The minimum absolute atomic E-state index is 0.137. The van der Waals surface area contributed by atoms with Crippen LogP contribution in [-0.2, 0) is 0 Å². The molecule has 104 valence electrons. The van der Waals surface area contributed by atoms with Gasteiger partial charge in [-0.1, -0.05) is 34.1 Å². The number of thiol groups is 1. The average molecular weight is 358 g/mol. The first-order valence-electron chi connectivity index (χ1n) is 6.41. The third kappa shape index (κ3) is 3.28. The second-order valence-corrected chi connectivity index (χ2v) is 6.14. The van der Waals surface area contributed by atoms with Gasteiger partial charge in [-0.25, -0.2) is 0 Å². The lowest BCUT2D eigenvalue weighted by Gasteiger charge is -2.07. The number of carbonyl (C=O) groups is 1. The van der Waals surface area contributed by atoms with Gasteiger partial charge in [0.05, 0.1) is 0 Å². The molecule has 0 aliphatic rings. The Labute approximate surface area is 136 Å². The van der Waals surface area contributed by atoms with E-state index in [0.717, 1.165) is 25.8 Å². The first-order valence-corrected chi connectivity index (χ1v) is 7.65. The number of benzene rings is 3. The number of hydrogen-bond donors (Lipinski definition) is 2. The highest BCUT2D eigenvalue weighted by molar-refractivity contribution is 9.10. The number of anilines is 1. The van der Waals surface area contributed by atoms with E-state index in [9.17, 15) is 4.79 Å². The molecular weight excluding hydrogens is 346 g/mol. The Morgan fingerprint density at radius 1 is 0.952 bits per heavy atom. The van der Waals surface area contributed by atoms with Gasteiger partial charge in [0.15, 0.2) is 0 Å². The average Bonchev–Trinajstić information content (AvgIpc) is 2.47. The summed E-state index contributed by atoms with van der Waals surface area (Å²) in [5.41, 5.74) is 1.37. The van der Waals surface area contributed by atoms with E-state index >= 15 is 0 Å². The standard InChI is InChI=1S/C17H12BrNOS/c18-14-6-4-12-9-15(7-5-11(12)8-14)19-17(20)13-2-1-3-16(21)10-13/h1-10,21H,(H,19,20). The SMILES string of the molecule is O=C(Nc1ccc2cc(Br)ccc2c1)c1cccc(S)c1. The largest absolute Gasteiger partial charge is 0.322 e.